The fourth-order valence-corrected chi connectivity index (χ4v) is 1.92. The molecule has 0 aliphatic rings. The first kappa shape index (κ1) is 12.7. The monoisotopic (exact) mass is 268 g/mol. The molecule has 5 nitrogen and oxygen atoms in total. The third-order valence-electron chi connectivity index (χ3n) is 3.38. The topological polar surface area (TPSA) is 77.8 Å². The summed E-state index contributed by atoms with van der Waals surface area (Å²) in [6, 6.07) is 9.82. The van der Waals surface area contributed by atoms with Gasteiger partial charge in [-0.2, -0.15) is 4.98 Å². The van der Waals surface area contributed by atoms with E-state index in [2.05, 4.69) is 15.1 Å². The maximum atomic E-state index is 5.72. The molecule has 3 rings (SSSR count). The Hall–Kier alpha value is -2.27. The van der Waals surface area contributed by atoms with Crippen LogP contribution in [0, 0.1) is 0 Å². The van der Waals surface area contributed by atoms with Gasteiger partial charge in [0, 0.05) is 23.7 Å². The first-order valence-electron chi connectivity index (χ1n) is 6.49. The predicted octanol–water partition coefficient (Wildman–Crippen LogP) is 2.52. The van der Waals surface area contributed by atoms with E-state index in [9.17, 15) is 0 Å². The molecule has 0 bridgehead atoms. The number of pyridine rings is 1. The van der Waals surface area contributed by atoms with E-state index in [1.165, 1.54) is 0 Å². The molecule has 2 N–H and O–H groups in total. The zero-order valence-corrected chi connectivity index (χ0v) is 11.5. The molecule has 0 spiro atoms. The van der Waals surface area contributed by atoms with Crippen LogP contribution in [0.2, 0.25) is 0 Å². The number of rotatable bonds is 3. The normalized spacial score (nSPS) is 11.9. The standard InChI is InChI=1S/C15H16N4O/c1-15(2,9-16)14-18-13(19-20-14)11-5-6-12-10(8-11)4-3-7-17-12/h3-8H,9,16H2,1-2H3. The lowest BCUT2D eigenvalue weighted by atomic mass is 9.94. The Balaban J connectivity index is 2.03. The van der Waals surface area contributed by atoms with Crippen molar-refractivity contribution >= 4 is 10.9 Å². The lowest BCUT2D eigenvalue weighted by Crippen LogP contribution is -2.28. The number of aromatic nitrogens is 3. The third-order valence-corrected chi connectivity index (χ3v) is 3.38. The fourth-order valence-electron chi connectivity index (χ4n) is 1.92. The lowest BCUT2D eigenvalue weighted by molar-refractivity contribution is 0.311. The van der Waals surface area contributed by atoms with E-state index in [1.54, 1.807) is 6.20 Å². The molecular formula is C15H16N4O. The number of benzene rings is 1. The van der Waals surface area contributed by atoms with Crippen molar-refractivity contribution in [2.45, 2.75) is 19.3 Å². The maximum Gasteiger partial charge on any atom is 0.233 e. The molecule has 2 aromatic heterocycles. The number of fused-ring (bicyclic) bond motifs is 1. The van der Waals surface area contributed by atoms with Crippen LogP contribution in [0.25, 0.3) is 22.3 Å². The van der Waals surface area contributed by atoms with Gasteiger partial charge >= 0.3 is 0 Å². The number of hydrogen-bond donors (Lipinski definition) is 1. The van der Waals surface area contributed by atoms with E-state index < -0.39 is 0 Å². The van der Waals surface area contributed by atoms with Crippen molar-refractivity contribution in [1.82, 2.24) is 15.1 Å². The van der Waals surface area contributed by atoms with Crippen molar-refractivity contribution in [3.63, 3.8) is 0 Å². The highest BCUT2D eigenvalue weighted by Gasteiger charge is 2.26. The van der Waals surface area contributed by atoms with Crippen LogP contribution in [0.5, 0.6) is 0 Å². The van der Waals surface area contributed by atoms with Crippen molar-refractivity contribution < 1.29 is 4.52 Å². The number of hydrogen-bond acceptors (Lipinski definition) is 5. The second-order valence-electron chi connectivity index (χ2n) is 5.42. The van der Waals surface area contributed by atoms with E-state index in [0.717, 1.165) is 16.5 Å². The van der Waals surface area contributed by atoms with Crippen LogP contribution < -0.4 is 5.73 Å². The maximum absolute atomic E-state index is 5.72. The predicted molar refractivity (Wildman–Crippen MR) is 77.1 cm³/mol. The summed E-state index contributed by atoms with van der Waals surface area (Å²) < 4.78 is 5.33. The van der Waals surface area contributed by atoms with Gasteiger partial charge in [0.05, 0.1) is 10.9 Å². The summed E-state index contributed by atoms with van der Waals surface area (Å²) in [6.45, 7) is 4.42. The molecule has 3 aromatic rings. The van der Waals surface area contributed by atoms with E-state index in [1.807, 2.05) is 44.2 Å². The van der Waals surface area contributed by atoms with Gasteiger partial charge in [-0.3, -0.25) is 4.98 Å². The molecular weight excluding hydrogens is 252 g/mol. The van der Waals surface area contributed by atoms with E-state index in [-0.39, 0.29) is 5.41 Å². The Labute approximate surface area is 116 Å². The average molecular weight is 268 g/mol. The smallest absolute Gasteiger partial charge is 0.233 e. The highest BCUT2D eigenvalue weighted by atomic mass is 16.5. The van der Waals surface area contributed by atoms with Gasteiger partial charge in [0.2, 0.25) is 11.7 Å². The summed E-state index contributed by atoms with van der Waals surface area (Å²) in [5.74, 6) is 1.13. The van der Waals surface area contributed by atoms with Crippen LogP contribution in [0.3, 0.4) is 0 Å². The zero-order chi connectivity index (χ0) is 14.2. The molecule has 0 unspecified atom stereocenters. The van der Waals surface area contributed by atoms with Gasteiger partial charge in [-0.1, -0.05) is 11.2 Å². The summed E-state index contributed by atoms with van der Waals surface area (Å²) in [7, 11) is 0. The third kappa shape index (κ3) is 2.16. The molecule has 0 atom stereocenters. The Kier molecular flexibility index (Phi) is 2.99. The first-order valence-corrected chi connectivity index (χ1v) is 6.49. The van der Waals surface area contributed by atoms with Crippen LogP contribution >= 0.6 is 0 Å². The molecule has 0 radical (unpaired) electrons. The van der Waals surface area contributed by atoms with Crippen molar-refractivity contribution in [2.75, 3.05) is 6.54 Å². The van der Waals surface area contributed by atoms with Gasteiger partial charge in [-0.25, -0.2) is 0 Å². The van der Waals surface area contributed by atoms with Gasteiger partial charge in [0.15, 0.2) is 0 Å². The minimum absolute atomic E-state index is 0.316. The minimum atomic E-state index is -0.316. The highest BCUT2D eigenvalue weighted by Crippen LogP contribution is 2.25. The van der Waals surface area contributed by atoms with E-state index >= 15 is 0 Å². The Bertz CT molecular complexity index is 748. The molecule has 0 aliphatic carbocycles. The van der Waals surface area contributed by atoms with Crippen molar-refractivity contribution in [3.05, 3.63) is 42.4 Å². The largest absolute Gasteiger partial charge is 0.338 e. The van der Waals surface area contributed by atoms with Gasteiger partial charge in [0.25, 0.3) is 0 Å². The summed E-state index contributed by atoms with van der Waals surface area (Å²) in [4.78, 5) is 8.74. The molecule has 20 heavy (non-hydrogen) atoms. The van der Waals surface area contributed by atoms with Gasteiger partial charge in [-0.15, -0.1) is 0 Å². The first-order chi connectivity index (χ1) is 9.60. The van der Waals surface area contributed by atoms with Gasteiger partial charge in [-0.05, 0) is 38.1 Å². The molecule has 5 heteroatoms. The fraction of sp³-hybridized carbons (Fsp3) is 0.267. The Morgan fingerprint density at radius 3 is 2.90 bits per heavy atom. The minimum Gasteiger partial charge on any atom is -0.338 e. The molecule has 0 fully saturated rings. The Morgan fingerprint density at radius 2 is 2.10 bits per heavy atom. The summed E-state index contributed by atoms with van der Waals surface area (Å²) >= 11 is 0. The van der Waals surface area contributed by atoms with Crippen LogP contribution in [0.15, 0.2) is 41.1 Å². The van der Waals surface area contributed by atoms with Crippen LogP contribution in [0.1, 0.15) is 19.7 Å². The molecule has 1 aromatic carbocycles. The number of nitrogens with two attached hydrogens (primary N) is 1. The molecule has 0 saturated carbocycles. The zero-order valence-electron chi connectivity index (χ0n) is 11.5. The van der Waals surface area contributed by atoms with Crippen LogP contribution in [-0.4, -0.2) is 21.7 Å². The van der Waals surface area contributed by atoms with E-state index in [4.69, 9.17) is 10.3 Å². The summed E-state index contributed by atoms with van der Waals surface area (Å²) in [6.07, 6.45) is 1.78. The van der Waals surface area contributed by atoms with Gasteiger partial charge in [0.1, 0.15) is 0 Å². The molecule has 0 aliphatic heterocycles. The van der Waals surface area contributed by atoms with Crippen LogP contribution in [0.4, 0.5) is 0 Å². The lowest BCUT2D eigenvalue weighted by Gasteiger charge is -2.15. The SMILES string of the molecule is CC(C)(CN)c1nc(-c2ccc3ncccc3c2)no1. The van der Waals surface area contributed by atoms with Crippen molar-refractivity contribution in [3.8, 4) is 11.4 Å². The van der Waals surface area contributed by atoms with Crippen LogP contribution in [-0.2, 0) is 5.41 Å². The molecule has 2 heterocycles. The van der Waals surface area contributed by atoms with Crippen molar-refractivity contribution in [1.29, 1.82) is 0 Å². The molecule has 0 amide bonds. The van der Waals surface area contributed by atoms with Gasteiger partial charge < -0.3 is 10.3 Å². The highest BCUT2D eigenvalue weighted by molar-refractivity contribution is 5.82. The average Bonchev–Trinajstić information content (AvgIpc) is 2.97. The summed E-state index contributed by atoms with van der Waals surface area (Å²) in [5.41, 5.74) is 7.27. The second kappa shape index (κ2) is 4.68. The Morgan fingerprint density at radius 1 is 1.25 bits per heavy atom. The quantitative estimate of drug-likeness (QED) is 0.789. The van der Waals surface area contributed by atoms with Crippen molar-refractivity contribution in [2.24, 2.45) is 5.73 Å². The molecule has 102 valence electrons. The second-order valence-corrected chi connectivity index (χ2v) is 5.42. The van der Waals surface area contributed by atoms with E-state index in [0.29, 0.717) is 18.3 Å². The number of nitrogens with zero attached hydrogens (tertiary/aromatic N) is 3. The molecule has 0 saturated heterocycles. The summed E-state index contributed by atoms with van der Waals surface area (Å²) in [5, 5.41) is 5.10.